The smallest absolute Gasteiger partial charge is 0.217 e. The molecule has 0 saturated heterocycles. The van der Waals surface area contributed by atoms with Crippen molar-refractivity contribution in [3.8, 4) is 11.3 Å². The van der Waals surface area contributed by atoms with Crippen molar-refractivity contribution in [1.29, 1.82) is 0 Å². The third kappa shape index (κ3) is 1.78. The van der Waals surface area contributed by atoms with E-state index in [4.69, 9.17) is 11.6 Å². The van der Waals surface area contributed by atoms with E-state index >= 15 is 0 Å². The minimum absolute atomic E-state index is 0.180. The highest BCUT2D eigenvalue weighted by atomic mass is 35.5. The first-order chi connectivity index (χ1) is 8.66. The minimum atomic E-state index is -0.244. The van der Waals surface area contributed by atoms with E-state index in [1.807, 2.05) is 17.5 Å². The average molecular weight is 279 g/mol. The maximum Gasteiger partial charge on any atom is 0.223 e. The number of thiophene rings is 1. The van der Waals surface area contributed by atoms with E-state index in [9.17, 15) is 4.39 Å². The van der Waals surface area contributed by atoms with Crippen molar-refractivity contribution in [1.82, 2.24) is 9.97 Å². The Morgan fingerprint density at radius 3 is 2.89 bits per heavy atom. The SMILES string of the molecule is Cc1c(F)cccc1-c1nc(Cl)nc2ccsc12. The van der Waals surface area contributed by atoms with Crippen LogP contribution in [0.25, 0.3) is 21.5 Å². The first kappa shape index (κ1) is 11.6. The Morgan fingerprint density at radius 2 is 2.06 bits per heavy atom. The summed E-state index contributed by atoms with van der Waals surface area (Å²) in [6, 6.07) is 6.84. The van der Waals surface area contributed by atoms with Gasteiger partial charge in [-0.05, 0) is 41.6 Å². The number of aromatic nitrogens is 2. The Kier molecular flexibility index (Phi) is 2.76. The number of rotatable bonds is 1. The normalized spacial score (nSPS) is 11.1. The minimum Gasteiger partial charge on any atom is -0.217 e. The molecule has 0 bridgehead atoms. The largest absolute Gasteiger partial charge is 0.223 e. The summed E-state index contributed by atoms with van der Waals surface area (Å²) in [5.74, 6) is -0.244. The third-order valence-electron chi connectivity index (χ3n) is 2.80. The van der Waals surface area contributed by atoms with Crippen LogP contribution in [0, 0.1) is 12.7 Å². The van der Waals surface area contributed by atoms with E-state index in [1.165, 1.54) is 17.4 Å². The molecule has 2 nitrogen and oxygen atoms in total. The summed E-state index contributed by atoms with van der Waals surface area (Å²) < 4.78 is 14.5. The standard InChI is InChI=1S/C13H8ClFN2S/c1-7-8(3-2-4-9(7)15)11-12-10(5-6-18-12)16-13(14)17-11/h2-6H,1H3. The first-order valence-electron chi connectivity index (χ1n) is 5.33. The predicted molar refractivity (Wildman–Crippen MR) is 72.6 cm³/mol. The van der Waals surface area contributed by atoms with Crippen molar-refractivity contribution in [2.75, 3.05) is 0 Å². The van der Waals surface area contributed by atoms with Crippen LogP contribution in [-0.4, -0.2) is 9.97 Å². The van der Waals surface area contributed by atoms with Crippen molar-refractivity contribution >= 4 is 33.2 Å². The third-order valence-corrected chi connectivity index (χ3v) is 3.88. The molecule has 18 heavy (non-hydrogen) atoms. The molecule has 0 unspecified atom stereocenters. The fourth-order valence-electron chi connectivity index (χ4n) is 1.88. The molecule has 0 radical (unpaired) electrons. The van der Waals surface area contributed by atoms with E-state index in [-0.39, 0.29) is 11.1 Å². The molecule has 0 N–H and O–H groups in total. The lowest BCUT2D eigenvalue weighted by Gasteiger charge is -2.07. The fourth-order valence-corrected chi connectivity index (χ4v) is 2.89. The highest BCUT2D eigenvalue weighted by Crippen LogP contribution is 2.33. The van der Waals surface area contributed by atoms with Crippen molar-refractivity contribution in [3.05, 3.63) is 46.3 Å². The zero-order chi connectivity index (χ0) is 12.7. The average Bonchev–Trinajstić information content (AvgIpc) is 2.79. The molecule has 0 atom stereocenters. The highest BCUT2D eigenvalue weighted by molar-refractivity contribution is 7.17. The summed E-state index contributed by atoms with van der Waals surface area (Å²) >= 11 is 7.44. The Bertz CT molecular complexity index is 739. The van der Waals surface area contributed by atoms with Crippen molar-refractivity contribution in [2.45, 2.75) is 6.92 Å². The van der Waals surface area contributed by atoms with E-state index < -0.39 is 0 Å². The van der Waals surface area contributed by atoms with Gasteiger partial charge in [-0.2, -0.15) is 0 Å². The van der Waals surface area contributed by atoms with Crippen LogP contribution in [-0.2, 0) is 0 Å². The van der Waals surface area contributed by atoms with Gasteiger partial charge in [-0.25, -0.2) is 14.4 Å². The van der Waals surface area contributed by atoms with Crippen LogP contribution in [0.15, 0.2) is 29.6 Å². The lowest BCUT2D eigenvalue weighted by atomic mass is 10.0. The monoisotopic (exact) mass is 278 g/mol. The molecule has 0 amide bonds. The van der Waals surface area contributed by atoms with Gasteiger partial charge in [0.1, 0.15) is 5.82 Å². The summed E-state index contributed by atoms with van der Waals surface area (Å²) in [4.78, 5) is 8.39. The molecule has 0 saturated carbocycles. The van der Waals surface area contributed by atoms with E-state index in [2.05, 4.69) is 9.97 Å². The van der Waals surface area contributed by atoms with Crippen LogP contribution in [0.2, 0.25) is 5.28 Å². The Balaban J connectivity index is 2.37. The second kappa shape index (κ2) is 4.30. The van der Waals surface area contributed by atoms with Gasteiger partial charge in [-0.1, -0.05) is 12.1 Å². The second-order valence-electron chi connectivity index (χ2n) is 3.89. The number of halogens is 2. The lowest BCUT2D eigenvalue weighted by Crippen LogP contribution is -1.93. The van der Waals surface area contributed by atoms with Gasteiger partial charge in [0.25, 0.3) is 0 Å². The van der Waals surface area contributed by atoms with Crippen molar-refractivity contribution in [2.24, 2.45) is 0 Å². The lowest BCUT2D eigenvalue weighted by molar-refractivity contribution is 0.619. The maximum absolute atomic E-state index is 13.6. The van der Waals surface area contributed by atoms with Crippen LogP contribution in [0.3, 0.4) is 0 Å². The van der Waals surface area contributed by atoms with Crippen LogP contribution in [0.1, 0.15) is 5.56 Å². The zero-order valence-electron chi connectivity index (χ0n) is 9.45. The highest BCUT2D eigenvalue weighted by Gasteiger charge is 2.13. The summed E-state index contributed by atoms with van der Waals surface area (Å²) in [7, 11) is 0. The van der Waals surface area contributed by atoms with Gasteiger partial charge in [0.2, 0.25) is 5.28 Å². The summed E-state index contributed by atoms with van der Waals surface area (Å²) in [6.45, 7) is 1.74. The number of benzene rings is 1. The molecule has 0 aliphatic heterocycles. The molecule has 3 aromatic rings. The van der Waals surface area contributed by atoms with Crippen LogP contribution < -0.4 is 0 Å². The molecule has 3 rings (SSSR count). The Labute approximate surface area is 112 Å². The van der Waals surface area contributed by atoms with Crippen LogP contribution in [0.4, 0.5) is 4.39 Å². The van der Waals surface area contributed by atoms with Gasteiger partial charge in [0.15, 0.2) is 0 Å². The molecule has 90 valence electrons. The summed E-state index contributed by atoms with van der Waals surface area (Å²) in [6.07, 6.45) is 0. The summed E-state index contributed by atoms with van der Waals surface area (Å²) in [5, 5.41) is 2.10. The molecule has 2 aromatic heterocycles. The van der Waals surface area contributed by atoms with Gasteiger partial charge in [-0.15, -0.1) is 11.3 Å². The Morgan fingerprint density at radius 1 is 1.22 bits per heavy atom. The van der Waals surface area contributed by atoms with Gasteiger partial charge < -0.3 is 0 Å². The summed E-state index contributed by atoms with van der Waals surface area (Å²) in [5.41, 5.74) is 2.81. The van der Waals surface area contributed by atoms with E-state index in [0.29, 0.717) is 11.3 Å². The fraction of sp³-hybridized carbons (Fsp3) is 0.0769. The maximum atomic E-state index is 13.6. The number of hydrogen-bond donors (Lipinski definition) is 0. The van der Waals surface area contributed by atoms with Crippen LogP contribution in [0.5, 0.6) is 0 Å². The molecule has 1 aromatic carbocycles. The number of nitrogens with zero attached hydrogens (tertiary/aromatic N) is 2. The first-order valence-corrected chi connectivity index (χ1v) is 6.59. The predicted octanol–water partition coefficient (Wildman–Crippen LogP) is 4.46. The molecular weight excluding hydrogens is 271 g/mol. The zero-order valence-corrected chi connectivity index (χ0v) is 11.0. The van der Waals surface area contributed by atoms with Gasteiger partial charge in [-0.3, -0.25) is 0 Å². The molecule has 0 aliphatic carbocycles. The number of hydrogen-bond acceptors (Lipinski definition) is 3. The quantitative estimate of drug-likeness (QED) is 0.614. The molecule has 0 fully saturated rings. The molecule has 5 heteroatoms. The van der Waals surface area contributed by atoms with Crippen molar-refractivity contribution in [3.63, 3.8) is 0 Å². The Hall–Kier alpha value is -1.52. The van der Waals surface area contributed by atoms with E-state index in [1.54, 1.807) is 13.0 Å². The molecular formula is C13H8ClFN2S. The van der Waals surface area contributed by atoms with Crippen LogP contribution >= 0.6 is 22.9 Å². The van der Waals surface area contributed by atoms with Gasteiger partial charge >= 0.3 is 0 Å². The molecule has 2 heterocycles. The molecule has 0 aliphatic rings. The van der Waals surface area contributed by atoms with Gasteiger partial charge in [0.05, 0.1) is 15.9 Å². The second-order valence-corrected chi connectivity index (χ2v) is 5.14. The molecule has 0 spiro atoms. The van der Waals surface area contributed by atoms with Gasteiger partial charge in [0, 0.05) is 5.56 Å². The number of fused-ring (bicyclic) bond motifs is 1. The van der Waals surface area contributed by atoms with Crippen molar-refractivity contribution < 1.29 is 4.39 Å². The van der Waals surface area contributed by atoms with E-state index in [0.717, 1.165) is 15.8 Å². The topological polar surface area (TPSA) is 25.8 Å².